The Labute approximate surface area is 144 Å². The second kappa shape index (κ2) is 6.76. The molecule has 24 heavy (non-hydrogen) atoms. The summed E-state index contributed by atoms with van der Waals surface area (Å²) < 4.78 is 0. The molecule has 1 nitrogen and oxygen atoms in total. The van der Waals surface area contributed by atoms with Crippen LogP contribution in [-0.2, 0) is 0 Å². The van der Waals surface area contributed by atoms with E-state index in [4.69, 9.17) is 0 Å². The van der Waals surface area contributed by atoms with Gasteiger partial charge in [-0.1, -0.05) is 85.5 Å². The van der Waals surface area contributed by atoms with Crippen LogP contribution in [0.3, 0.4) is 0 Å². The molecule has 0 N–H and O–H groups in total. The Balaban J connectivity index is 1.80. The second-order valence-electron chi connectivity index (χ2n) is 7.12. The van der Waals surface area contributed by atoms with Gasteiger partial charge in [0.25, 0.3) is 0 Å². The quantitative estimate of drug-likeness (QED) is 0.619. The number of Topliss-reactive ketones (excluding diaryl/α,β-unsaturated/α-hetero) is 1. The van der Waals surface area contributed by atoms with Crippen molar-refractivity contribution in [1.29, 1.82) is 0 Å². The minimum absolute atomic E-state index is 0.0123. The van der Waals surface area contributed by atoms with Gasteiger partial charge in [-0.3, -0.25) is 4.79 Å². The molecule has 1 saturated carbocycles. The van der Waals surface area contributed by atoms with Crippen LogP contribution in [0.5, 0.6) is 0 Å². The molecule has 2 aliphatic rings. The molecule has 0 amide bonds. The highest BCUT2D eigenvalue weighted by Crippen LogP contribution is 2.45. The van der Waals surface area contributed by atoms with Crippen molar-refractivity contribution in [1.82, 2.24) is 0 Å². The topological polar surface area (TPSA) is 17.1 Å². The molecule has 122 valence electrons. The smallest absolute Gasteiger partial charge is 0.170 e. The van der Waals surface area contributed by atoms with Crippen LogP contribution in [-0.4, -0.2) is 5.78 Å². The molecule has 0 aliphatic heterocycles. The van der Waals surface area contributed by atoms with Crippen molar-refractivity contribution in [3.63, 3.8) is 0 Å². The first-order valence-corrected chi connectivity index (χ1v) is 9.23. The van der Waals surface area contributed by atoms with Gasteiger partial charge in [0.1, 0.15) is 0 Å². The van der Waals surface area contributed by atoms with Gasteiger partial charge in [-0.15, -0.1) is 0 Å². The van der Waals surface area contributed by atoms with Crippen molar-refractivity contribution in [2.24, 2.45) is 5.92 Å². The van der Waals surface area contributed by atoms with E-state index in [9.17, 15) is 4.79 Å². The first-order chi connectivity index (χ1) is 11.8. The number of fused-ring (bicyclic) bond motifs is 2. The van der Waals surface area contributed by atoms with Crippen LogP contribution >= 0.6 is 0 Å². The molecular weight excluding hydrogens is 292 g/mol. The standard InChI is InChI=1S/C23H24O/c24-23(17-10-5-3-6-11-17)22-20-14-7-2-1-4-12-18(20)16-19-13-8-9-15-21(19)22/h3,5-6,8-11,13,15-16,20,22H,1-2,4,7,12,14H2/t20-,22+/m0/s1. The lowest BCUT2D eigenvalue weighted by Gasteiger charge is -2.35. The highest BCUT2D eigenvalue weighted by atomic mass is 16.1. The summed E-state index contributed by atoms with van der Waals surface area (Å²) >= 11 is 0. The van der Waals surface area contributed by atoms with Crippen LogP contribution in [0, 0.1) is 5.92 Å². The molecule has 0 radical (unpaired) electrons. The van der Waals surface area contributed by atoms with Crippen molar-refractivity contribution in [3.8, 4) is 0 Å². The van der Waals surface area contributed by atoms with Gasteiger partial charge in [0.15, 0.2) is 5.78 Å². The Kier molecular flexibility index (Phi) is 4.34. The van der Waals surface area contributed by atoms with E-state index >= 15 is 0 Å². The maximum Gasteiger partial charge on any atom is 0.170 e. The lowest BCUT2D eigenvalue weighted by atomic mass is 9.68. The molecule has 0 heterocycles. The van der Waals surface area contributed by atoms with E-state index < -0.39 is 0 Å². The van der Waals surface area contributed by atoms with Gasteiger partial charge in [-0.2, -0.15) is 0 Å². The molecule has 2 aromatic carbocycles. The van der Waals surface area contributed by atoms with Gasteiger partial charge in [0, 0.05) is 5.56 Å². The zero-order valence-corrected chi connectivity index (χ0v) is 14.1. The maximum atomic E-state index is 13.4. The van der Waals surface area contributed by atoms with Gasteiger partial charge in [-0.25, -0.2) is 0 Å². The maximum absolute atomic E-state index is 13.4. The zero-order chi connectivity index (χ0) is 16.4. The third-order valence-electron chi connectivity index (χ3n) is 5.62. The minimum atomic E-state index is -0.0123. The first-order valence-electron chi connectivity index (χ1n) is 9.23. The second-order valence-corrected chi connectivity index (χ2v) is 7.12. The van der Waals surface area contributed by atoms with E-state index in [2.05, 4.69) is 30.3 Å². The highest BCUT2D eigenvalue weighted by molar-refractivity contribution is 6.02. The van der Waals surface area contributed by atoms with Crippen LogP contribution in [0.4, 0.5) is 0 Å². The molecular formula is C23H24O. The lowest BCUT2D eigenvalue weighted by molar-refractivity contribution is 0.0931. The fourth-order valence-corrected chi connectivity index (χ4v) is 4.43. The van der Waals surface area contributed by atoms with Crippen LogP contribution in [0.15, 0.2) is 60.2 Å². The van der Waals surface area contributed by atoms with Crippen LogP contribution in [0.25, 0.3) is 6.08 Å². The van der Waals surface area contributed by atoms with Crippen molar-refractivity contribution >= 4 is 11.9 Å². The van der Waals surface area contributed by atoms with E-state index in [1.807, 2.05) is 30.3 Å². The number of benzene rings is 2. The molecule has 0 aromatic heterocycles. The van der Waals surface area contributed by atoms with Crippen molar-refractivity contribution in [2.75, 3.05) is 0 Å². The van der Waals surface area contributed by atoms with Crippen molar-refractivity contribution in [2.45, 2.75) is 44.4 Å². The number of carbonyl (C=O) groups excluding carboxylic acids is 1. The van der Waals surface area contributed by atoms with Gasteiger partial charge in [-0.05, 0) is 36.3 Å². The van der Waals surface area contributed by atoms with Gasteiger partial charge in [0.2, 0.25) is 0 Å². The Morgan fingerprint density at radius 2 is 1.58 bits per heavy atom. The minimum Gasteiger partial charge on any atom is -0.293 e. The van der Waals surface area contributed by atoms with Crippen molar-refractivity contribution in [3.05, 3.63) is 76.9 Å². The van der Waals surface area contributed by atoms with Crippen LogP contribution in [0.2, 0.25) is 0 Å². The molecule has 2 aromatic rings. The fraction of sp³-hybridized carbons (Fsp3) is 0.348. The summed E-state index contributed by atoms with van der Waals surface area (Å²) in [5.74, 6) is 0.661. The normalized spacial score (nSPS) is 23.2. The van der Waals surface area contributed by atoms with E-state index in [1.54, 1.807) is 0 Å². The molecule has 1 heteroatoms. The number of allylic oxidation sites excluding steroid dienone is 1. The summed E-state index contributed by atoms with van der Waals surface area (Å²) in [6.45, 7) is 0. The molecule has 2 aliphatic carbocycles. The van der Waals surface area contributed by atoms with Crippen LogP contribution in [0.1, 0.15) is 65.9 Å². The monoisotopic (exact) mass is 316 g/mol. The number of rotatable bonds is 2. The van der Waals surface area contributed by atoms with E-state index in [-0.39, 0.29) is 5.92 Å². The SMILES string of the molecule is O=C(c1ccccc1)[C@H]1c2ccccc2C=C2CCCCCC[C@@H]21. The lowest BCUT2D eigenvalue weighted by Crippen LogP contribution is -2.27. The fourth-order valence-electron chi connectivity index (χ4n) is 4.43. The summed E-state index contributed by atoms with van der Waals surface area (Å²) in [6.07, 6.45) is 9.79. The number of hydrogen-bond donors (Lipinski definition) is 0. The molecule has 2 atom stereocenters. The first kappa shape index (κ1) is 15.4. The van der Waals surface area contributed by atoms with E-state index in [0.717, 1.165) is 18.4 Å². The predicted octanol–water partition coefficient (Wildman–Crippen LogP) is 6.02. The van der Waals surface area contributed by atoms with Gasteiger partial charge in [0.05, 0.1) is 5.92 Å². The molecule has 1 fully saturated rings. The summed E-state index contributed by atoms with van der Waals surface area (Å²) in [6, 6.07) is 18.3. The number of carbonyl (C=O) groups is 1. The van der Waals surface area contributed by atoms with Crippen molar-refractivity contribution < 1.29 is 4.79 Å². The molecule has 0 saturated heterocycles. The molecule has 0 bridgehead atoms. The summed E-state index contributed by atoms with van der Waals surface area (Å²) in [5, 5.41) is 0. The van der Waals surface area contributed by atoms with Gasteiger partial charge >= 0.3 is 0 Å². The molecule has 0 unspecified atom stereocenters. The average molecular weight is 316 g/mol. The van der Waals surface area contributed by atoms with Crippen LogP contribution < -0.4 is 0 Å². The highest BCUT2D eigenvalue weighted by Gasteiger charge is 2.36. The third kappa shape index (κ3) is 2.84. The Bertz CT molecular complexity index is 757. The number of ketones is 1. The summed E-state index contributed by atoms with van der Waals surface area (Å²) in [4.78, 5) is 13.4. The number of hydrogen-bond acceptors (Lipinski definition) is 1. The molecule has 0 spiro atoms. The average Bonchev–Trinajstić information content (AvgIpc) is 2.61. The Morgan fingerprint density at radius 3 is 2.46 bits per heavy atom. The van der Waals surface area contributed by atoms with E-state index in [0.29, 0.717) is 11.7 Å². The summed E-state index contributed by atoms with van der Waals surface area (Å²) in [7, 11) is 0. The Morgan fingerprint density at radius 1 is 0.833 bits per heavy atom. The Hall–Kier alpha value is -2.15. The largest absolute Gasteiger partial charge is 0.293 e. The predicted molar refractivity (Wildman–Crippen MR) is 99.1 cm³/mol. The van der Waals surface area contributed by atoms with Gasteiger partial charge < -0.3 is 0 Å². The van der Waals surface area contributed by atoms with E-state index in [1.165, 1.54) is 42.4 Å². The third-order valence-corrected chi connectivity index (χ3v) is 5.62. The summed E-state index contributed by atoms with van der Waals surface area (Å²) in [5.41, 5.74) is 4.82. The zero-order valence-electron chi connectivity index (χ0n) is 14.1. The molecule has 4 rings (SSSR count).